The van der Waals surface area contributed by atoms with Gasteiger partial charge in [0.05, 0.1) is 17.1 Å². The van der Waals surface area contributed by atoms with Crippen molar-refractivity contribution < 1.29 is 9.53 Å². The molecule has 0 fully saturated rings. The smallest absolute Gasteiger partial charge is 0.293 e. The molecule has 0 amide bonds. The van der Waals surface area contributed by atoms with Crippen molar-refractivity contribution in [2.45, 2.75) is 26.2 Å². The number of fused-ring (bicyclic) bond motifs is 1. The number of rotatable bonds is 5. The summed E-state index contributed by atoms with van der Waals surface area (Å²) in [4.78, 5) is 14.7. The summed E-state index contributed by atoms with van der Waals surface area (Å²) in [7, 11) is 0. The topological polar surface area (TPSA) is 39.2 Å². The largest absolute Gasteiger partial charge is 0.468 e. The summed E-state index contributed by atoms with van der Waals surface area (Å²) in [6.45, 7) is 5.03. The lowest BCUT2D eigenvalue weighted by molar-refractivity contribution is -0.128. The van der Waals surface area contributed by atoms with Crippen LogP contribution in [0, 0.1) is 0 Å². The summed E-state index contributed by atoms with van der Waals surface area (Å²) in [5.74, 6) is 0.400. The molecule has 100 valence electrons. The predicted molar refractivity (Wildman–Crippen MR) is 76.6 cm³/mol. The van der Waals surface area contributed by atoms with Crippen LogP contribution in [0.2, 0.25) is 5.02 Å². The molecule has 1 aromatic heterocycles. The Morgan fingerprint density at radius 2 is 2.21 bits per heavy atom. The Bertz CT molecular complexity index is 596. The number of aromatic nitrogens is 1. The average Bonchev–Trinajstić information content (AvgIpc) is 2.41. The van der Waals surface area contributed by atoms with Gasteiger partial charge >= 0.3 is 0 Å². The van der Waals surface area contributed by atoms with Crippen LogP contribution in [0.1, 0.15) is 30.9 Å². The van der Waals surface area contributed by atoms with E-state index in [0.29, 0.717) is 30.4 Å². The van der Waals surface area contributed by atoms with Gasteiger partial charge in [-0.2, -0.15) is 0 Å². The summed E-state index contributed by atoms with van der Waals surface area (Å²) in [5, 5.41) is 1.65. The van der Waals surface area contributed by atoms with E-state index in [1.165, 1.54) is 5.56 Å². The fourth-order valence-electron chi connectivity index (χ4n) is 2.11. The minimum absolute atomic E-state index is 0.320. The van der Waals surface area contributed by atoms with Crippen LogP contribution in [0.4, 0.5) is 0 Å². The minimum atomic E-state index is 0.320. The maximum atomic E-state index is 10.1. The van der Waals surface area contributed by atoms with Crippen molar-refractivity contribution in [2.24, 2.45) is 0 Å². The molecule has 2 aromatic rings. The van der Waals surface area contributed by atoms with Crippen molar-refractivity contribution in [1.82, 2.24) is 4.98 Å². The fraction of sp³-hybridized carbons (Fsp3) is 0.333. The van der Waals surface area contributed by atoms with Crippen molar-refractivity contribution in [3.63, 3.8) is 0 Å². The molecule has 1 heterocycles. The van der Waals surface area contributed by atoms with E-state index in [1.54, 1.807) is 6.20 Å². The molecule has 0 atom stereocenters. The zero-order valence-corrected chi connectivity index (χ0v) is 11.8. The molecule has 4 heteroatoms. The number of hydrogen-bond donors (Lipinski definition) is 0. The zero-order chi connectivity index (χ0) is 13.8. The number of ether oxygens (including phenoxy) is 1. The standard InChI is InChI=1S/C15H16ClNO2/c1-10(2)12-4-3-5-13-14(16)11(6-7-19-9-18)8-17-15(12)13/h3-5,8-10H,6-7H2,1-2H3. The lowest BCUT2D eigenvalue weighted by Gasteiger charge is -2.12. The number of pyridine rings is 1. The predicted octanol–water partition coefficient (Wildman–Crippen LogP) is 3.73. The molecule has 3 nitrogen and oxygen atoms in total. The lowest BCUT2D eigenvalue weighted by Crippen LogP contribution is -2.00. The number of carbonyl (C=O) groups is 1. The lowest BCUT2D eigenvalue weighted by atomic mass is 9.99. The molecule has 0 aliphatic rings. The third-order valence-corrected chi connectivity index (χ3v) is 3.56. The van der Waals surface area contributed by atoms with Crippen LogP contribution in [0.3, 0.4) is 0 Å². The van der Waals surface area contributed by atoms with Gasteiger partial charge in [-0.05, 0) is 17.0 Å². The van der Waals surface area contributed by atoms with Crippen LogP contribution >= 0.6 is 11.6 Å². The molecule has 0 unspecified atom stereocenters. The summed E-state index contributed by atoms with van der Waals surface area (Å²) in [6.07, 6.45) is 2.34. The fourth-order valence-corrected chi connectivity index (χ4v) is 2.41. The number of nitrogens with zero attached hydrogens (tertiary/aromatic N) is 1. The third-order valence-electron chi connectivity index (χ3n) is 3.11. The summed E-state index contributed by atoms with van der Waals surface area (Å²) in [5.41, 5.74) is 3.04. The first-order chi connectivity index (χ1) is 9.15. The van der Waals surface area contributed by atoms with Crippen LogP contribution in [0.25, 0.3) is 10.9 Å². The Morgan fingerprint density at radius 3 is 2.89 bits per heavy atom. The molecule has 19 heavy (non-hydrogen) atoms. The van der Waals surface area contributed by atoms with Gasteiger partial charge in [0, 0.05) is 18.0 Å². The van der Waals surface area contributed by atoms with E-state index in [2.05, 4.69) is 24.9 Å². The highest BCUT2D eigenvalue weighted by Crippen LogP contribution is 2.30. The van der Waals surface area contributed by atoms with Gasteiger partial charge in [0.1, 0.15) is 0 Å². The normalized spacial score (nSPS) is 10.9. The van der Waals surface area contributed by atoms with Gasteiger partial charge in [-0.1, -0.05) is 43.6 Å². The number of hydrogen-bond acceptors (Lipinski definition) is 3. The van der Waals surface area contributed by atoms with Gasteiger partial charge in [-0.15, -0.1) is 0 Å². The number of benzene rings is 1. The van der Waals surface area contributed by atoms with E-state index in [1.807, 2.05) is 12.1 Å². The first kappa shape index (κ1) is 13.8. The number of carbonyl (C=O) groups excluding carboxylic acids is 1. The highest BCUT2D eigenvalue weighted by molar-refractivity contribution is 6.36. The third kappa shape index (κ3) is 2.87. The molecule has 0 spiro atoms. The van der Waals surface area contributed by atoms with Gasteiger partial charge in [0.25, 0.3) is 6.47 Å². The molecule has 0 aliphatic carbocycles. The van der Waals surface area contributed by atoms with E-state index in [4.69, 9.17) is 16.3 Å². The van der Waals surface area contributed by atoms with Gasteiger partial charge in [0.2, 0.25) is 0 Å². The van der Waals surface area contributed by atoms with Gasteiger partial charge in [-0.3, -0.25) is 9.78 Å². The first-order valence-corrected chi connectivity index (χ1v) is 6.64. The van der Waals surface area contributed by atoms with Crippen molar-refractivity contribution in [2.75, 3.05) is 6.61 Å². The highest BCUT2D eigenvalue weighted by atomic mass is 35.5. The molecule has 0 saturated heterocycles. The van der Waals surface area contributed by atoms with Crippen LogP contribution in [0.15, 0.2) is 24.4 Å². The van der Waals surface area contributed by atoms with Gasteiger partial charge < -0.3 is 4.74 Å². The second kappa shape index (κ2) is 6.02. The summed E-state index contributed by atoms with van der Waals surface area (Å²) in [6, 6.07) is 6.04. The first-order valence-electron chi connectivity index (χ1n) is 6.26. The summed E-state index contributed by atoms with van der Waals surface area (Å²) >= 11 is 6.41. The molecule has 0 N–H and O–H groups in total. The van der Waals surface area contributed by atoms with E-state index >= 15 is 0 Å². The van der Waals surface area contributed by atoms with Gasteiger partial charge in [-0.25, -0.2) is 0 Å². The Kier molecular flexibility index (Phi) is 4.38. The van der Waals surface area contributed by atoms with Crippen LogP contribution in [-0.4, -0.2) is 18.1 Å². The van der Waals surface area contributed by atoms with E-state index in [9.17, 15) is 4.79 Å². The van der Waals surface area contributed by atoms with Crippen molar-refractivity contribution >= 4 is 29.0 Å². The number of para-hydroxylation sites is 1. The maximum Gasteiger partial charge on any atom is 0.293 e. The SMILES string of the molecule is CC(C)c1cccc2c(Cl)c(CCOC=O)cnc12. The second-order valence-electron chi connectivity index (χ2n) is 4.71. The molecule has 0 radical (unpaired) electrons. The second-order valence-corrected chi connectivity index (χ2v) is 5.09. The molecule has 0 aliphatic heterocycles. The summed E-state index contributed by atoms with van der Waals surface area (Å²) < 4.78 is 4.70. The highest BCUT2D eigenvalue weighted by Gasteiger charge is 2.11. The van der Waals surface area contributed by atoms with E-state index in [-0.39, 0.29) is 0 Å². The minimum Gasteiger partial charge on any atom is -0.468 e. The Balaban J connectivity index is 2.44. The average molecular weight is 278 g/mol. The molecule has 0 saturated carbocycles. The molecular formula is C15H16ClNO2. The molecule has 2 rings (SSSR count). The van der Waals surface area contributed by atoms with Crippen molar-refractivity contribution in [1.29, 1.82) is 0 Å². The quantitative estimate of drug-likeness (QED) is 0.617. The maximum absolute atomic E-state index is 10.1. The molecule has 1 aromatic carbocycles. The van der Waals surface area contributed by atoms with Crippen LogP contribution in [-0.2, 0) is 16.0 Å². The molecule has 0 bridgehead atoms. The monoisotopic (exact) mass is 277 g/mol. The van der Waals surface area contributed by atoms with E-state index < -0.39 is 0 Å². The molecular weight excluding hydrogens is 262 g/mol. The Morgan fingerprint density at radius 1 is 1.42 bits per heavy atom. The van der Waals surface area contributed by atoms with Crippen LogP contribution in [0.5, 0.6) is 0 Å². The van der Waals surface area contributed by atoms with Crippen molar-refractivity contribution in [3.8, 4) is 0 Å². The van der Waals surface area contributed by atoms with Gasteiger partial charge in [0.15, 0.2) is 0 Å². The Hall–Kier alpha value is -1.61. The van der Waals surface area contributed by atoms with E-state index in [0.717, 1.165) is 16.5 Å². The Labute approximate surface area is 117 Å². The van der Waals surface area contributed by atoms with Crippen molar-refractivity contribution in [3.05, 3.63) is 40.5 Å². The number of halogens is 1. The zero-order valence-electron chi connectivity index (χ0n) is 11.0. The van der Waals surface area contributed by atoms with Crippen LogP contribution < -0.4 is 0 Å².